The minimum atomic E-state index is -3.76. The van der Waals surface area contributed by atoms with Gasteiger partial charge in [0.1, 0.15) is 5.75 Å². The van der Waals surface area contributed by atoms with E-state index >= 15 is 0 Å². The summed E-state index contributed by atoms with van der Waals surface area (Å²) >= 11 is 0. The molecule has 0 unspecified atom stereocenters. The zero-order chi connectivity index (χ0) is 27.3. The first-order valence-corrected chi connectivity index (χ1v) is 14.4. The lowest BCUT2D eigenvalue weighted by atomic mass is 10.0. The van der Waals surface area contributed by atoms with Crippen LogP contribution in [0.3, 0.4) is 0 Å². The van der Waals surface area contributed by atoms with Crippen molar-refractivity contribution >= 4 is 21.6 Å². The van der Waals surface area contributed by atoms with Gasteiger partial charge < -0.3 is 9.64 Å². The van der Waals surface area contributed by atoms with Gasteiger partial charge in [0.2, 0.25) is 10.0 Å². The molecule has 9 heteroatoms. The molecule has 0 bridgehead atoms. The van der Waals surface area contributed by atoms with E-state index in [1.165, 1.54) is 5.56 Å². The minimum Gasteiger partial charge on any atom is -0.492 e. The van der Waals surface area contributed by atoms with Gasteiger partial charge in [-0.2, -0.15) is 0 Å². The van der Waals surface area contributed by atoms with Crippen molar-refractivity contribution in [2.24, 2.45) is 0 Å². The first-order valence-electron chi connectivity index (χ1n) is 12.9. The molecule has 1 aromatic heterocycles. The quantitative estimate of drug-likeness (QED) is 0.458. The third-order valence-corrected chi connectivity index (χ3v) is 8.71. The van der Waals surface area contributed by atoms with Gasteiger partial charge in [0, 0.05) is 55.7 Å². The molecule has 0 spiro atoms. The van der Waals surface area contributed by atoms with Crippen LogP contribution in [0, 0.1) is 0 Å². The second-order valence-electron chi connectivity index (χ2n) is 10.4. The Morgan fingerprint density at radius 2 is 1.68 bits per heavy atom. The Balaban J connectivity index is 1.37. The van der Waals surface area contributed by atoms with Crippen LogP contribution in [0.25, 0.3) is 11.1 Å². The van der Waals surface area contributed by atoms with E-state index in [0.29, 0.717) is 12.2 Å². The van der Waals surface area contributed by atoms with Gasteiger partial charge in [0.25, 0.3) is 5.91 Å². The first kappa shape index (κ1) is 27.6. The lowest BCUT2D eigenvalue weighted by molar-refractivity contribution is 0.0980. The van der Waals surface area contributed by atoms with Crippen molar-refractivity contribution in [3.8, 4) is 16.9 Å². The van der Waals surface area contributed by atoms with Crippen LogP contribution in [-0.4, -0.2) is 61.7 Å². The number of carbonyl (C=O) groups excluding carboxylic acids is 1. The average molecular weight is 537 g/mol. The van der Waals surface area contributed by atoms with Crippen molar-refractivity contribution in [3.05, 3.63) is 78.1 Å². The standard InChI is InChI=1S/C29H36N4O4S/c1-5-37-26-18-24(19-30-20-26)27-9-7-6-8-23(27)21-32-14-16-33(17-15-32)25-12-10-22(11-13-25)28(34)31-38(35,36)29(2,3)4/h6-13,18-20H,5,14-17,21H2,1-4H3,(H,31,34). The van der Waals surface area contributed by atoms with Gasteiger partial charge in [-0.25, -0.2) is 13.1 Å². The summed E-state index contributed by atoms with van der Waals surface area (Å²) < 4.78 is 31.3. The van der Waals surface area contributed by atoms with Gasteiger partial charge in [0.05, 0.1) is 17.6 Å². The summed E-state index contributed by atoms with van der Waals surface area (Å²) in [4.78, 5) is 21.5. The topological polar surface area (TPSA) is 91.8 Å². The number of nitrogens with one attached hydrogen (secondary N) is 1. The molecule has 1 N–H and O–H groups in total. The molecule has 4 rings (SSSR count). The zero-order valence-corrected chi connectivity index (χ0v) is 23.3. The molecule has 0 atom stereocenters. The van der Waals surface area contributed by atoms with Gasteiger partial charge in [-0.05, 0) is 69.2 Å². The van der Waals surface area contributed by atoms with E-state index in [1.807, 2.05) is 37.4 Å². The number of hydrogen-bond donors (Lipinski definition) is 1. The van der Waals surface area contributed by atoms with Crippen LogP contribution >= 0.6 is 0 Å². The van der Waals surface area contributed by atoms with Crippen molar-refractivity contribution in [1.29, 1.82) is 0 Å². The van der Waals surface area contributed by atoms with Crippen molar-refractivity contribution in [2.45, 2.75) is 39.0 Å². The molecule has 8 nitrogen and oxygen atoms in total. The minimum absolute atomic E-state index is 0.319. The number of carbonyl (C=O) groups is 1. The highest BCUT2D eigenvalue weighted by molar-refractivity contribution is 7.91. The summed E-state index contributed by atoms with van der Waals surface area (Å²) in [5.41, 5.74) is 4.78. The van der Waals surface area contributed by atoms with Crippen LogP contribution in [0.1, 0.15) is 43.6 Å². The van der Waals surface area contributed by atoms with Crippen LogP contribution in [0.15, 0.2) is 67.0 Å². The second-order valence-corrected chi connectivity index (χ2v) is 12.8. The number of aromatic nitrogens is 1. The number of hydrogen-bond acceptors (Lipinski definition) is 7. The van der Waals surface area contributed by atoms with E-state index in [9.17, 15) is 13.2 Å². The van der Waals surface area contributed by atoms with Crippen LogP contribution in [-0.2, 0) is 16.6 Å². The number of sulfonamides is 1. The van der Waals surface area contributed by atoms with E-state index < -0.39 is 20.7 Å². The van der Waals surface area contributed by atoms with Crippen LogP contribution < -0.4 is 14.4 Å². The monoisotopic (exact) mass is 536 g/mol. The number of anilines is 1. The molecule has 0 saturated carbocycles. The molecular weight excluding hydrogens is 500 g/mol. The van der Waals surface area contributed by atoms with E-state index in [1.54, 1.807) is 39.1 Å². The molecule has 3 aromatic rings. The van der Waals surface area contributed by atoms with E-state index in [0.717, 1.165) is 55.3 Å². The Hall–Kier alpha value is -3.43. The third kappa shape index (κ3) is 6.52. The molecule has 1 fully saturated rings. The highest BCUT2D eigenvalue weighted by Crippen LogP contribution is 2.28. The number of nitrogens with zero attached hydrogens (tertiary/aromatic N) is 3. The van der Waals surface area contributed by atoms with Gasteiger partial charge in [-0.3, -0.25) is 14.7 Å². The maximum atomic E-state index is 12.5. The normalized spacial score (nSPS) is 14.8. The Labute approximate surface area is 225 Å². The lowest BCUT2D eigenvalue weighted by Crippen LogP contribution is -2.46. The van der Waals surface area contributed by atoms with E-state index in [4.69, 9.17) is 4.74 Å². The van der Waals surface area contributed by atoms with Crippen molar-refractivity contribution in [3.63, 3.8) is 0 Å². The van der Waals surface area contributed by atoms with Crippen molar-refractivity contribution < 1.29 is 17.9 Å². The highest BCUT2D eigenvalue weighted by Gasteiger charge is 2.31. The SMILES string of the molecule is CCOc1cncc(-c2ccccc2CN2CCN(c3ccc(C(=O)NS(=O)(=O)C(C)(C)C)cc3)CC2)c1. The summed E-state index contributed by atoms with van der Waals surface area (Å²) in [5, 5.41) is 0. The summed E-state index contributed by atoms with van der Waals surface area (Å²) in [6, 6.07) is 17.6. The van der Waals surface area contributed by atoms with Gasteiger partial charge in [-0.1, -0.05) is 24.3 Å². The number of pyridine rings is 1. The number of rotatable bonds is 8. The Morgan fingerprint density at radius 1 is 1.00 bits per heavy atom. The molecule has 2 aromatic carbocycles. The predicted octanol–water partition coefficient (Wildman–Crippen LogP) is 4.33. The summed E-state index contributed by atoms with van der Waals surface area (Å²) in [7, 11) is -3.76. The number of amides is 1. The summed E-state index contributed by atoms with van der Waals surface area (Å²) in [5.74, 6) is 0.157. The molecule has 38 heavy (non-hydrogen) atoms. The zero-order valence-electron chi connectivity index (χ0n) is 22.5. The fourth-order valence-corrected chi connectivity index (χ4v) is 4.98. The van der Waals surface area contributed by atoms with Crippen LogP contribution in [0.2, 0.25) is 0 Å². The predicted molar refractivity (Wildman–Crippen MR) is 151 cm³/mol. The third-order valence-electron chi connectivity index (χ3n) is 6.65. The molecule has 202 valence electrons. The van der Waals surface area contributed by atoms with Crippen molar-refractivity contribution in [1.82, 2.24) is 14.6 Å². The molecule has 2 heterocycles. The second kappa shape index (κ2) is 11.5. The van der Waals surface area contributed by atoms with Gasteiger partial charge >= 0.3 is 0 Å². The van der Waals surface area contributed by atoms with Crippen molar-refractivity contribution in [2.75, 3.05) is 37.7 Å². The lowest BCUT2D eigenvalue weighted by Gasteiger charge is -2.36. The van der Waals surface area contributed by atoms with E-state index in [2.05, 4.69) is 37.7 Å². The molecule has 0 aliphatic carbocycles. The van der Waals surface area contributed by atoms with Crippen LogP contribution in [0.4, 0.5) is 5.69 Å². The summed E-state index contributed by atoms with van der Waals surface area (Å²) in [6.45, 7) is 11.6. The maximum absolute atomic E-state index is 12.5. The molecule has 1 saturated heterocycles. The average Bonchev–Trinajstić information content (AvgIpc) is 2.89. The Bertz CT molecular complexity index is 1360. The van der Waals surface area contributed by atoms with Gasteiger partial charge in [-0.15, -0.1) is 0 Å². The number of piperazine rings is 1. The molecule has 1 aliphatic rings. The molecule has 1 amide bonds. The smallest absolute Gasteiger partial charge is 0.264 e. The Kier molecular flexibility index (Phi) is 8.38. The fourth-order valence-electron chi connectivity index (χ4n) is 4.31. The maximum Gasteiger partial charge on any atom is 0.264 e. The van der Waals surface area contributed by atoms with Gasteiger partial charge in [0.15, 0.2) is 0 Å². The largest absolute Gasteiger partial charge is 0.492 e. The fraction of sp³-hybridized carbons (Fsp3) is 0.379. The number of ether oxygens (including phenoxy) is 1. The molecule has 1 aliphatic heterocycles. The first-order chi connectivity index (χ1) is 18.1. The number of benzene rings is 2. The molecular formula is C29H36N4O4S. The highest BCUT2D eigenvalue weighted by atomic mass is 32.2. The van der Waals surface area contributed by atoms with Crippen LogP contribution in [0.5, 0.6) is 5.75 Å². The molecule has 0 radical (unpaired) electrons. The summed E-state index contributed by atoms with van der Waals surface area (Å²) in [6.07, 6.45) is 3.61. The Morgan fingerprint density at radius 3 is 2.34 bits per heavy atom. The van der Waals surface area contributed by atoms with E-state index in [-0.39, 0.29) is 0 Å².